The van der Waals surface area contributed by atoms with Gasteiger partial charge in [-0.15, -0.1) is 0 Å². The number of carbonyl (C=O) groups is 1. The van der Waals surface area contributed by atoms with Crippen molar-refractivity contribution in [2.75, 3.05) is 12.3 Å². The Morgan fingerprint density at radius 1 is 1.45 bits per heavy atom. The number of carbonyl (C=O) groups excluding carboxylic acids is 1. The zero-order valence-electron chi connectivity index (χ0n) is 10.7. The average Bonchev–Trinajstić information content (AvgIpc) is 2.33. The van der Waals surface area contributed by atoms with Crippen molar-refractivity contribution >= 4 is 33.3 Å². The zero-order chi connectivity index (χ0) is 15.3. The van der Waals surface area contributed by atoms with Crippen molar-refractivity contribution in [2.24, 2.45) is 0 Å². The molecule has 0 saturated heterocycles. The first-order valence-corrected chi connectivity index (χ1v) is 7.69. The molecule has 0 unspecified atom stereocenters. The van der Waals surface area contributed by atoms with Crippen molar-refractivity contribution in [3.05, 3.63) is 23.0 Å². The molecule has 4 N–H and O–H groups in total. The van der Waals surface area contributed by atoms with Crippen molar-refractivity contribution in [1.29, 1.82) is 0 Å². The van der Waals surface area contributed by atoms with Crippen LogP contribution in [0.1, 0.15) is 19.8 Å². The number of hydrogen-bond acceptors (Lipinski definition) is 4. The third-order valence-electron chi connectivity index (χ3n) is 2.38. The first-order valence-electron chi connectivity index (χ1n) is 5.83. The maximum absolute atomic E-state index is 13.1. The number of unbranched alkanes of at least 4 members (excludes halogenated alkanes) is 1. The predicted molar refractivity (Wildman–Crippen MR) is 74.5 cm³/mol. The second-order valence-corrected chi connectivity index (χ2v) is 6.08. The summed E-state index contributed by atoms with van der Waals surface area (Å²) in [4.78, 5) is 11.0. The molecule has 1 rings (SSSR count). The largest absolute Gasteiger partial charge is 0.396 e. The van der Waals surface area contributed by atoms with Gasteiger partial charge in [0.25, 0.3) is 10.0 Å². The second-order valence-electron chi connectivity index (χ2n) is 4.02. The van der Waals surface area contributed by atoms with Gasteiger partial charge in [-0.05, 0) is 18.6 Å². The standard InChI is InChI=1S/C11H15ClFN3O3S/c1-2-3-4-15-11(17)16-20(18,19)10-6-9(14)8(13)5-7(10)12/h5-6H,2-4,14H2,1H3,(H2,15,16,17). The molecule has 6 nitrogen and oxygen atoms in total. The second kappa shape index (κ2) is 6.76. The molecule has 1 aromatic carbocycles. The summed E-state index contributed by atoms with van der Waals surface area (Å²) in [5.74, 6) is -0.832. The van der Waals surface area contributed by atoms with Crippen LogP contribution in [-0.4, -0.2) is 21.0 Å². The number of sulfonamides is 1. The number of hydrogen-bond donors (Lipinski definition) is 3. The summed E-state index contributed by atoms with van der Waals surface area (Å²) in [6, 6.07) is 0.761. The molecule has 0 atom stereocenters. The summed E-state index contributed by atoms with van der Waals surface area (Å²) < 4.78 is 38.7. The van der Waals surface area contributed by atoms with Crippen LogP contribution in [0.5, 0.6) is 0 Å². The van der Waals surface area contributed by atoms with Gasteiger partial charge < -0.3 is 11.1 Å². The molecular formula is C11H15ClFN3O3S. The van der Waals surface area contributed by atoms with Gasteiger partial charge in [0.05, 0.1) is 10.7 Å². The first kappa shape index (κ1) is 16.5. The number of nitrogen functional groups attached to an aromatic ring is 1. The van der Waals surface area contributed by atoms with Gasteiger partial charge in [0.1, 0.15) is 10.7 Å². The van der Waals surface area contributed by atoms with Crippen LogP contribution in [0, 0.1) is 5.82 Å². The van der Waals surface area contributed by atoms with Crippen LogP contribution in [0.25, 0.3) is 0 Å². The van der Waals surface area contributed by atoms with Crippen LogP contribution in [0.2, 0.25) is 5.02 Å². The summed E-state index contributed by atoms with van der Waals surface area (Å²) in [5, 5.41) is 2.02. The lowest BCUT2D eigenvalue weighted by Gasteiger charge is -2.10. The van der Waals surface area contributed by atoms with E-state index in [2.05, 4.69) is 5.32 Å². The van der Waals surface area contributed by atoms with E-state index in [0.717, 1.165) is 25.0 Å². The minimum absolute atomic E-state index is 0.344. The molecule has 0 radical (unpaired) electrons. The SMILES string of the molecule is CCCCNC(=O)NS(=O)(=O)c1cc(N)c(F)cc1Cl. The highest BCUT2D eigenvalue weighted by molar-refractivity contribution is 7.90. The van der Waals surface area contributed by atoms with E-state index < -0.39 is 26.8 Å². The van der Waals surface area contributed by atoms with Gasteiger partial charge in [0, 0.05) is 6.54 Å². The number of nitrogens with two attached hydrogens (primary N) is 1. The number of amides is 2. The Labute approximate surface area is 121 Å². The third-order valence-corrected chi connectivity index (χ3v) is 4.18. The van der Waals surface area contributed by atoms with E-state index in [-0.39, 0.29) is 10.7 Å². The molecule has 1 aromatic rings. The van der Waals surface area contributed by atoms with Gasteiger partial charge in [-0.25, -0.2) is 22.3 Å². The fraction of sp³-hybridized carbons (Fsp3) is 0.364. The van der Waals surface area contributed by atoms with E-state index in [4.69, 9.17) is 17.3 Å². The normalized spacial score (nSPS) is 11.2. The first-order chi connectivity index (χ1) is 9.27. The Morgan fingerprint density at radius 3 is 2.70 bits per heavy atom. The number of nitrogens with one attached hydrogen (secondary N) is 2. The Kier molecular flexibility index (Phi) is 5.58. The van der Waals surface area contributed by atoms with Crippen LogP contribution in [-0.2, 0) is 10.0 Å². The van der Waals surface area contributed by atoms with Gasteiger partial charge in [-0.3, -0.25) is 0 Å². The van der Waals surface area contributed by atoms with Gasteiger partial charge in [0.2, 0.25) is 0 Å². The predicted octanol–water partition coefficient (Wildman–Crippen LogP) is 1.85. The maximum Gasteiger partial charge on any atom is 0.328 e. The molecule has 20 heavy (non-hydrogen) atoms. The van der Waals surface area contributed by atoms with E-state index in [1.807, 2.05) is 6.92 Å². The molecule has 0 heterocycles. The maximum atomic E-state index is 13.1. The van der Waals surface area contributed by atoms with Crippen molar-refractivity contribution in [3.63, 3.8) is 0 Å². The van der Waals surface area contributed by atoms with Crippen molar-refractivity contribution < 1.29 is 17.6 Å². The smallest absolute Gasteiger partial charge is 0.328 e. The number of benzene rings is 1. The summed E-state index contributed by atoms with van der Waals surface area (Å²) in [6.45, 7) is 2.27. The highest BCUT2D eigenvalue weighted by Gasteiger charge is 2.22. The van der Waals surface area contributed by atoms with Crippen molar-refractivity contribution in [1.82, 2.24) is 10.0 Å². The molecule has 0 saturated carbocycles. The lowest BCUT2D eigenvalue weighted by Crippen LogP contribution is -2.39. The van der Waals surface area contributed by atoms with Crippen LogP contribution in [0.15, 0.2) is 17.0 Å². The van der Waals surface area contributed by atoms with Crippen LogP contribution in [0.3, 0.4) is 0 Å². The fourth-order valence-corrected chi connectivity index (χ4v) is 2.82. The minimum atomic E-state index is -4.21. The number of rotatable bonds is 5. The number of urea groups is 1. The van der Waals surface area contributed by atoms with Crippen LogP contribution >= 0.6 is 11.6 Å². The average molecular weight is 324 g/mol. The van der Waals surface area contributed by atoms with Gasteiger partial charge in [0.15, 0.2) is 0 Å². The van der Waals surface area contributed by atoms with Gasteiger partial charge >= 0.3 is 6.03 Å². The highest BCUT2D eigenvalue weighted by atomic mass is 35.5. The Balaban J connectivity index is 2.89. The summed E-state index contributed by atoms with van der Waals surface area (Å²) in [6.07, 6.45) is 1.57. The number of halogens is 2. The van der Waals surface area contributed by atoms with E-state index in [9.17, 15) is 17.6 Å². The fourth-order valence-electron chi connectivity index (χ4n) is 1.34. The molecule has 0 aliphatic rings. The molecule has 0 bridgehead atoms. The quantitative estimate of drug-likeness (QED) is 0.568. The molecule has 0 fully saturated rings. The topological polar surface area (TPSA) is 101 Å². The third kappa shape index (κ3) is 4.24. The van der Waals surface area contributed by atoms with Crippen molar-refractivity contribution in [2.45, 2.75) is 24.7 Å². The van der Waals surface area contributed by atoms with Gasteiger partial charge in [-0.1, -0.05) is 24.9 Å². The molecule has 2 amide bonds. The Hall–Kier alpha value is -1.54. The molecule has 0 spiro atoms. The number of anilines is 1. The minimum Gasteiger partial charge on any atom is -0.396 e. The molecule has 9 heteroatoms. The van der Waals surface area contributed by atoms with Gasteiger partial charge in [-0.2, -0.15) is 0 Å². The Morgan fingerprint density at radius 2 is 2.10 bits per heavy atom. The lowest BCUT2D eigenvalue weighted by molar-refractivity contribution is 0.245. The lowest BCUT2D eigenvalue weighted by atomic mass is 10.3. The summed E-state index contributed by atoms with van der Waals surface area (Å²) >= 11 is 5.65. The van der Waals surface area contributed by atoms with E-state index >= 15 is 0 Å². The molecule has 112 valence electrons. The Bertz CT molecular complexity index is 607. The summed E-state index contributed by atoms with van der Waals surface area (Å²) in [7, 11) is -4.21. The monoisotopic (exact) mass is 323 g/mol. The molecular weight excluding hydrogens is 309 g/mol. The molecule has 0 aliphatic carbocycles. The van der Waals surface area contributed by atoms with Crippen LogP contribution < -0.4 is 15.8 Å². The van der Waals surface area contributed by atoms with E-state index in [1.165, 1.54) is 0 Å². The molecule has 0 aromatic heterocycles. The van der Waals surface area contributed by atoms with E-state index in [1.54, 1.807) is 4.72 Å². The zero-order valence-corrected chi connectivity index (χ0v) is 12.3. The highest BCUT2D eigenvalue weighted by Crippen LogP contribution is 2.26. The van der Waals surface area contributed by atoms with E-state index in [0.29, 0.717) is 6.54 Å². The van der Waals surface area contributed by atoms with Crippen molar-refractivity contribution in [3.8, 4) is 0 Å². The molecule has 0 aliphatic heterocycles. The summed E-state index contributed by atoms with van der Waals surface area (Å²) in [5.41, 5.74) is 4.91. The van der Waals surface area contributed by atoms with Crippen LogP contribution in [0.4, 0.5) is 14.9 Å².